The lowest BCUT2D eigenvalue weighted by Gasteiger charge is -2.39. The summed E-state index contributed by atoms with van der Waals surface area (Å²) in [4.78, 5) is 41.0. The summed E-state index contributed by atoms with van der Waals surface area (Å²) in [5.74, 6) is -0.397. The summed E-state index contributed by atoms with van der Waals surface area (Å²) in [6.07, 6.45) is 3.72. The molecular weight excluding hydrogens is 464 g/mol. The Kier molecular flexibility index (Phi) is 5.17. The summed E-state index contributed by atoms with van der Waals surface area (Å²) in [6, 6.07) is 9.46. The second-order valence-corrected chi connectivity index (χ2v) is 10.0. The molecule has 0 saturated carbocycles. The third-order valence-electron chi connectivity index (χ3n) is 6.96. The first-order valence-electron chi connectivity index (χ1n) is 11.5. The molecule has 0 atom stereocenters. The maximum absolute atomic E-state index is 13.1. The van der Waals surface area contributed by atoms with Crippen LogP contribution in [0.3, 0.4) is 0 Å². The van der Waals surface area contributed by atoms with Crippen molar-refractivity contribution in [3.8, 4) is 0 Å². The molecule has 6 rings (SSSR count). The zero-order valence-electron chi connectivity index (χ0n) is 18.9. The van der Waals surface area contributed by atoms with E-state index in [2.05, 4.69) is 15.2 Å². The number of piperidine rings is 1. The number of fused-ring (bicyclic) bond motifs is 2. The first kappa shape index (κ1) is 21.9. The summed E-state index contributed by atoms with van der Waals surface area (Å²) in [6.45, 7) is 1.34. The van der Waals surface area contributed by atoms with E-state index in [-0.39, 0.29) is 12.2 Å². The Morgan fingerprint density at radius 3 is 2.66 bits per heavy atom. The molecular formula is C25H24N6O3S. The normalized spacial score (nSPS) is 18.2. The average molecular weight is 489 g/mol. The van der Waals surface area contributed by atoms with E-state index < -0.39 is 17.4 Å². The number of aromatic nitrogens is 3. The number of para-hydroxylation sites is 1. The molecule has 0 spiro atoms. The number of carbonyl (C=O) groups is 2. The minimum Gasteiger partial charge on any atom is -0.396 e. The quantitative estimate of drug-likeness (QED) is 0.317. The third-order valence-corrected chi connectivity index (χ3v) is 7.91. The number of benzene rings is 1. The SMILES string of the molecule is NC1(CCO)CCN(c2nc(C3=C(c4c[nH]c5ccsc45)C(=O)NC3=O)c3ccccc3n2)CC1. The molecule has 2 aliphatic heterocycles. The number of nitrogens with zero attached hydrogens (tertiary/aromatic N) is 3. The van der Waals surface area contributed by atoms with Gasteiger partial charge in [-0.25, -0.2) is 9.97 Å². The van der Waals surface area contributed by atoms with E-state index >= 15 is 0 Å². The van der Waals surface area contributed by atoms with Crippen LogP contribution in [-0.4, -0.2) is 57.1 Å². The van der Waals surface area contributed by atoms with E-state index in [0.717, 1.165) is 10.2 Å². The van der Waals surface area contributed by atoms with Gasteiger partial charge in [0.05, 0.1) is 32.6 Å². The largest absolute Gasteiger partial charge is 0.396 e. The van der Waals surface area contributed by atoms with Crippen molar-refractivity contribution >= 4 is 61.4 Å². The van der Waals surface area contributed by atoms with Crippen LogP contribution in [0.4, 0.5) is 5.95 Å². The van der Waals surface area contributed by atoms with E-state index in [1.807, 2.05) is 35.7 Å². The molecule has 0 bridgehead atoms. The lowest BCUT2D eigenvalue weighted by atomic mass is 9.86. The van der Waals surface area contributed by atoms with Crippen LogP contribution in [0.15, 0.2) is 41.9 Å². The summed E-state index contributed by atoms with van der Waals surface area (Å²) >= 11 is 1.51. The fourth-order valence-electron chi connectivity index (χ4n) is 4.99. The van der Waals surface area contributed by atoms with Gasteiger partial charge in [-0.2, -0.15) is 0 Å². The monoisotopic (exact) mass is 488 g/mol. The Morgan fingerprint density at radius 1 is 1.09 bits per heavy atom. The van der Waals surface area contributed by atoms with Crippen molar-refractivity contribution in [2.75, 3.05) is 24.6 Å². The van der Waals surface area contributed by atoms with Gasteiger partial charge in [-0.15, -0.1) is 11.3 Å². The second-order valence-electron chi connectivity index (χ2n) is 9.11. The number of anilines is 1. The van der Waals surface area contributed by atoms with Gasteiger partial charge in [-0.3, -0.25) is 14.9 Å². The minimum atomic E-state index is -0.465. The van der Waals surface area contributed by atoms with Crippen LogP contribution in [0.2, 0.25) is 0 Å². The Hall–Kier alpha value is -3.60. The van der Waals surface area contributed by atoms with Crippen LogP contribution in [0.1, 0.15) is 30.5 Å². The number of amides is 2. The Balaban J connectivity index is 1.51. The maximum Gasteiger partial charge on any atom is 0.261 e. The van der Waals surface area contributed by atoms with E-state index in [9.17, 15) is 14.7 Å². The van der Waals surface area contributed by atoms with Crippen LogP contribution in [0.25, 0.3) is 32.3 Å². The molecule has 2 aliphatic rings. The highest BCUT2D eigenvalue weighted by molar-refractivity contribution is 7.17. The van der Waals surface area contributed by atoms with Crippen molar-refractivity contribution in [3.63, 3.8) is 0 Å². The van der Waals surface area contributed by atoms with Crippen molar-refractivity contribution in [1.29, 1.82) is 0 Å². The van der Waals surface area contributed by atoms with Gasteiger partial charge in [0.25, 0.3) is 11.8 Å². The number of aliphatic hydroxyl groups is 1. The van der Waals surface area contributed by atoms with Crippen molar-refractivity contribution in [1.82, 2.24) is 20.3 Å². The maximum atomic E-state index is 13.1. The Bertz CT molecular complexity index is 1510. The van der Waals surface area contributed by atoms with Crippen LogP contribution >= 0.6 is 11.3 Å². The summed E-state index contributed by atoms with van der Waals surface area (Å²) in [7, 11) is 0. The van der Waals surface area contributed by atoms with Gasteiger partial charge in [-0.05, 0) is 36.8 Å². The van der Waals surface area contributed by atoms with E-state index in [1.165, 1.54) is 11.3 Å². The number of nitrogens with one attached hydrogen (secondary N) is 2. The van der Waals surface area contributed by atoms with Crippen LogP contribution in [0.5, 0.6) is 0 Å². The number of hydrogen-bond acceptors (Lipinski definition) is 8. The van der Waals surface area contributed by atoms with Crippen LogP contribution in [0, 0.1) is 0 Å². The Labute approximate surface area is 204 Å². The van der Waals surface area contributed by atoms with Crippen molar-refractivity contribution in [2.45, 2.75) is 24.8 Å². The number of aromatic amines is 1. The smallest absolute Gasteiger partial charge is 0.261 e. The summed E-state index contributed by atoms with van der Waals surface area (Å²) in [5, 5.41) is 14.5. The first-order valence-corrected chi connectivity index (χ1v) is 12.4. The number of carbonyl (C=O) groups excluding carboxylic acids is 2. The highest BCUT2D eigenvalue weighted by Crippen LogP contribution is 2.38. The predicted molar refractivity (Wildman–Crippen MR) is 136 cm³/mol. The van der Waals surface area contributed by atoms with Gasteiger partial charge in [0.2, 0.25) is 5.95 Å². The summed E-state index contributed by atoms with van der Waals surface area (Å²) < 4.78 is 0.917. The lowest BCUT2D eigenvalue weighted by molar-refractivity contribution is -0.122. The molecule has 10 heteroatoms. The number of H-pyrrole nitrogens is 1. The highest BCUT2D eigenvalue weighted by Gasteiger charge is 2.37. The highest BCUT2D eigenvalue weighted by atomic mass is 32.1. The molecule has 3 aromatic heterocycles. The van der Waals surface area contributed by atoms with Gasteiger partial charge in [-0.1, -0.05) is 18.2 Å². The van der Waals surface area contributed by atoms with Gasteiger partial charge < -0.3 is 20.7 Å². The molecule has 1 aromatic carbocycles. The predicted octanol–water partition coefficient (Wildman–Crippen LogP) is 2.42. The van der Waals surface area contributed by atoms with Crippen LogP contribution in [-0.2, 0) is 9.59 Å². The number of nitrogens with two attached hydrogens (primary N) is 1. The minimum absolute atomic E-state index is 0.0594. The number of rotatable bonds is 5. The number of aliphatic hydroxyl groups excluding tert-OH is 1. The topological polar surface area (TPSA) is 137 Å². The zero-order chi connectivity index (χ0) is 24.2. The number of thiophene rings is 1. The van der Waals surface area contributed by atoms with E-state index in [0.29, 0.717) is 66.0 Å². The van der Waals surface area contributed by atoms with Crippen molar-refractivity contribution < 1.29 is 14.7 Å². The molecule has 5 N–H and O–H groups in total. The van der Waals surface area contributed by atoms with Gasteiger partial charge in [0, 0.05) is 42.4 Å². The van der Waals surface area contributed by atoms with Gasteiger partial charge in [0.15, 0.2) is 0 Å². The molecule has 0 unspecified atom stereocenters. The van der Waals surface area contributed by atoms with Gasteiger partial charge >= 0.3 is 0 Å². The Morgan fingerprint density at radius 2 is 1.86 bits per heavy atom. The number of hydrogen-bond donors (Lipinski definition) is 4. The molecule has 178 valence electrons. The summed E-state index contributed by atoms with van der Waals surface area (Å²) in [5.41, 5.74) is 9.36. The van der Waals surface area contributed by atoms with Crippen LogP contribution < -0.4 is 16.0 Å². The molecule has 5 heterocycles. The standard InChI is InChI=1S/C25H24N6O3S/c26-25(8-11-32)6-9-31(10-7-25)24-28-16-4-2-1-3-14(16)20(29-24)19-18(22(33)30-23(19)34)15-13-27-17-5-12-35-21(15)17/h1-5,12-13,27,32H,6-11,26H2,(H,30,33,34). The molecule has 4 aromatic rings. The van der Waals surface area contributed by atoms with Crippen molar-refractivity contribution in [2.24, 2.45) is 5.73 Å². The van der Waals surface area contributed by atoms with E-state index in [4.69, 9.17) is 15.7 Å². The van der Waals surface area contributed by atoms with Gasteiger partial charge in [0.1, 0.15) is 0 Å². The number of imide groups is 1. The average Bonchev–Trinajstić information content (AvgIpc) is 3.53. The fraction of sp³-hybridized carbons (Fsp3) is 0.280. The first-order chi connectivity index (χ1) is 17.0. The molecule has 35 heavy (non-hydrogen) atoms. The molecule has 9 nitrogen and oxygen atoms in total. The van der Waals surface area contributed by atoms with Crippen molar-refractivity contribution in [3.05, 3.63) is 53.2 Å². The fourth-order valence-corrected chi connectivity index (χ4v) is 5.87. The lowest BCUT2D eigenvalue weighted by Crippen LogP contribution is -2.51. The third kappa shape index (κ3) is 3.61. The molecule has 2 amide bonds. The molecule has 1 fully saturated rings. The molecule has 0 radical (unpaired) electrons. The second kappa shape index (κ2) is 8.26. The van der Waals surface area contributed by atoms with E-state index in [1.54, 1.807) is 6.20 Å². The zero-order valence-corrected chi connectivity index (χ0v) is 19.7. The molecule has 1 saturated heterocycles. The molecule has 0 aliphatic carbocycles.